The first-order valence-corrected chi connectivity index (χ1v) is 5.35. The first kappa shape index (κ1) is 9.81. The fraction of sp³-hybridized carbons (Fsp3) is 0.0909. The smallest absolute Gasteiger partial charge is 0.134 e. The zero-order chi connectivity index (χ0) is 10.1. The number of furan rings is 1. The van der Waals surface area contributed by atoms with Gasteiger partial charge in [0, 0.05) is 10.0 Å². The Morgan fingerprint density at radius 2 is 2.14 bits per heavy atom. The van der Waals surface area contributed by atoms with Crippen molar-refractivity contribution < 1.29 is 4.42 Å². The van der Waals surface area contributed by atoms with Gasteiger partial charge in [-0.3, -0.25) is 0 Å². The molecule has 2 rings (SSSR count). The molecule has 72 valence electrons. The van der Waals surface area contributed by atoms with Crippen LogP contribution in [-0.2, 0) is 0 Å². The van der Waals surface area contributed by atoms with Crippen LogP contribution in [0.4, 0.5) is 0 Å². The van der Waals surface area contributed by atoms with Gasteiger partial charge in [0.15, 0.2) is 0 Å². The lowest BCUT2D eigenvalue weighted by Gasteiger charge is -2.04. The highest BCUT2D eigenvalue weighted by Gasteiger charge is 2.07. The van der Waals surface area contributed by atoms with Gasteiger partial charge in [0.1, 0.15) is 5.76 Å². The molecule has 3 heteroatoms. The molecule has 1 aromatic carbocycles. The third-order valence-electron chi connectivity index (χ3n) is 2.05. The summed E-state index contributed by atoms with van der Waals surface area (Å²) >= 11 is 9.36. The molecule has 0 N–H and O–H groups in total. The summed E-state index contributed by atoms with van der Waals surface area (Å²) in [6.07, 6.45) is 1.66. The predicted molar refractivity (Wildman–Crippen MR) is 61.6 cm³/mol. The molecule has 1 nitrogen and oxygen atoms in total. The molecule has 0 atom stereocenters. The molecular weight excluding hydrogens is 263 g/mol. The van der Waals surface area contributed by atoms with Crippen LogP contribution in [0.25, 0.3) is 11.3 Å². The highest BCUT2D eigenvalue weighted by atomic mass is 79.9. The van der Waals surface area contributed by atoms with Gasteiger partial charge in [-0.15, -0.1) is 0 Å². The standard InChI is InChI=1S/C11H8BrClO/c1-7-5-10(13)9(12)6-8(7)11-3-2-4-14-11/h2-6H,1H3. The summed E-state index contributed by atoms with van der Waals surface area (Å²) in [4.78, 5) is 0. The lowest BCUT2D eigenvalue weighted by atomic mass is 10.1. The number of hydrogen-bond donors (Lipinski definition) is 0. The van der Waals surface area contributed by atoms with Crippen molar-refractivity contribution in [1.29, 1.82) is 0 Å². The molecule has 14 heavy (non-hydrogen) atoms. The van der Waals surface area contributed by atoms with Gasteiger partial charge in [-0.05, 0) is 52.7 Å². The van der Waals surface area contributed by atoms with Gasteiger partial charge in [-0.2, -0.15) is 0 Å². The van der Waals surface area contributed by atoms with Crippen molar-refractivity contribution >= 4 is 27.5 Å². The number of halogens is 2. The van der Waals surface area contributed by atoms with Crippen molar-refractivity contribution in [3.05, 3.63) is 45.6 Å². The molecule has 0 radical (unpaired) electrons. The van der Waals surface area contributed by atoms with Crippen molar-refractivity contribution in [2.45, 2.75) is 6.92 Å². The summed E-state index contributed by atoms with van der Waals surface area (Å²) in [6.45, 7) is 2.01. The minimum atomic E-state index is 0.720. The molecule has 0 fully saturated rings. The van der Waals surface area contributed by atoms with E-state index in [4.69, 9.17) is 16.0 Å². The van der Waals surface area contributed by atoms with Gasteiger partial charge in [0.2, 0.25) is 0 Å². The van der Waals surface area contributed by atoms with Crippen LogP contribution >= 0.6 is 27.5 Å². The van der Waals surface area contributed by atoms with E-state index in [1.807, 2.05) is 31.2 Å². The Hall–Kier alpha value is -0.730. The van der Waals surface area contributed by atoms with E-state index in [9.17, 15) is 0 Å². The zero-order valence-corrected chi connectivity index (χ0v) is 9.89. The van der Waals surface area contributed by atoms with Gasteiger partial charge in [0.05, 0.1) is 11.3 Å². The van der Waals surface area contributed by atoms with E-state index in [2.05, 4.69) is 15.9 Å². The second kappa shape index (κ2) is 3.79. The number of hydrogen-bond acceptors (Lipinski definition) is 1. The maximum atomic E-state index is 5.97. The Morgan fingerprint density at radius 3 is 2.79 bits per heavy atom. The van der Waals surface area contributed by atoms with Crippen LogP contribution in [-0.4, -0.2) is 0 Å². The quantitative estimate of drug-likeness (QED) is 0.734. The Kier molecular flexibility index (Phi) is 2.66. The van der Waals surface area contributed by atoms with E-state index < -0.39 is 0 Å². The largest absolute Gasteiger partial charge is 0.464 e. The van der Waals surface area contributed by atoms with E-state index >= 15 is 0 Å². The monoisotopic (exact) mass is 270 g/mol. The zero-order valence-electron chi connectivity index (χ0n) is 7.55. The van der Waals surface area contributed by atoms with Gasteiger partial charge in [-0.25, -0.2) is 0 Å². The number of benzene rings is 1. The van der Waals surface area contributed by atoms with Crippen LogP contribution < -0.4 is 0 Å². The highest BCUT2D eigenvalue weighted by molar-refractivity contribution is 9.10. The maximum Gasteiger partial charge on any atom is 0.134 e. The fourth-order valence-corrected chi connectivity index (χ4v) is 1.91. The molecule has 0 saturated carbocycles. The average molecular weight is 272 g/mol. The summed E-state index contributed by atoms with van der Waals surface area (Å²) in [5.41, 5.74) is 2.17. The molecule has 0 amide bonds. The number of aryl methyl sites for hydroxylation is 1. The van der Waals surface area contributed by atoms with Gasteiger partial charge >= 0.3 is 0 Å². The minimum absolute atomic E-state index is 0.720. The normalized spacial score (nSPS) is 10.5. The van der Waals surface area contributed by atoms with E-state index in [1.165, 1.54) is 0 Å². The molecule has 2 aromatic rings. The van der Waals surface area contributed by atoms with Crippen molar-refractivity contribution in [3.8, 4) is 11.3 Å². The summed E-state index contributed by atoms with van der Waals surface area (Å²) < 4.78 is 6.22. The van der Waals surface area contributed by atoms with Crippen molar-refractivity contribution in [2.24, 2.45) is 0 Å². The van der Waals surface area contributed by atoms with Crippen LogP contribution in [0.3, 0.4) is 0 Å². The minimum Gasteiger partial charge on any atom is -0.464 e. The summed E-state index contributed by atoms with van der Waals surface area (Å²) in [5, 5.41) is 0.720. The molecule has 0 spiro atoms. The first-order valence-electron chi connectivity index (χ1n) is 4.18. The molecule has 1 heterocycles. The van der Waals surface area contributed by atoms with E-state index in [0.29, 0.717) is 0 Å². The van der Waals surface area contributed by atoms with Crippen LogP contribution in [0.5, 0.6) is 0 Å². The van der Waals surface area contributed by atoms with Crippen LogP contribution in [0.15, 0.2) is 39.4 Å². The highest BCUT2D eigenvalue weighted by Crippen LogP contribution is 2.32. The molecule has 0 aliphatic rings. The SMILES string of the molecule is Cc1cc(Cl)c(Br)cc1-c1ccco1. The van der Waals surface area contributed by atoms with E-state index in [-0.39, 0.29) is 0 Å². The summed E-state index contributed by atoms with van der Waals surface area (Å²) in [5.74, 6) is 0.861. The lowest BCUT2D eigenvalue weighted by Crippen LogP contribution is -1.82. The Bertz CT molecular complexity index is 449. The molecule has 0 unspecified atom stereocenters. The Morgan fingerprint density at radius 1 is 1.36 bits per heavy atom. The van der Waals surface area contributed by atoms with Crippen molar-refractivity contribution in [2.75, 3.05) is 0 Å². The molecule has 0 bridgehead atoms. The maximum absolute atomic E-state index is 5.97. The second-order valence-electron chi connectivity index (χ2n) is 3.06. The first-order chi connectivity index (χ1) is 6.68. The molecule has 0 aliphatic heterocycles. The predicted octanol–water partition coefficient (Wildman–Crippen LogP) is 4.67. The summed E-state index contributed by atoms with van der Waals surface area (Å²) in [6, 6.07) is 7.69. The Labute approximate surface area is 95.8 Å². The van der Waals surface area contributed by atoms with Crippen molar-refractivity contribution in [1.82, 2.24) is 0 Å². The second-order valence-corrected chi connectivity index (χ2v) is 4.32. The molecule has 0 saturated heterocycles. The summed E-state index contributed by atoms with van der Waals surface area (Å²) in [7, 11) is 0. The third kappa shape index (κ3) is 1.72. The third-order valence-corrected chi connectivity index (χ3v) is 3.25. The average Bonchev–Trinajstić information content (AvgIpc) is 2.64. The number of rotatable bonds is 1. The Balaban J connectivity index is 2.60. The van der Waals surface area contributed by atoms with Crippen molar-refractivity contribution in [3.63, 3.8) is 0 Å². The fourth-order valence-electron chi connectivity index (χ4n) is 1.34. The van der Waals surface area contributed by atoms with E-state index in [1.54, 1.807) is 6.26 Å². The van der Waals surface area contributed by atoms with Crippen LogP contribution in [0.2, 0.25) is 5.02 Å². The topological polar surface area (TPSA) is 13.1 Å². The molecule has 0 aliphatic carbocycles. The lowest BCUT2D eigenvalue weighted by molar-refractivity contribution is 0.582. The van der Waals surface area contributed by atoms with Gasteiger partial charge < -0.3 is 4.42 Å². The van der Waals surface area contributed by atoms with Crippen LogP contribution in [0.1, 0.15) is 5.56 Å². The molecular formula is C11H8BrClO. The molecule has 1 aromatic heterocycles. The van der Waals surface area contributed by atoms with Crippen LogP contribution in [0, 0.1) is 6.92 Å². The van der Waals surface area contributed by atoms with Gasteiger partial charge in [0.25, 0.3) is 0 Å². The van der Waals surface area contributed by atoms with E-state index in [0.717, 1.165) is 26.4 Å². The van der Waals surface area contributed by atoms with Gasteiger partial charge in [-0.1, -0.05) is 11.6 Å².